The molecule has 5 heteroatoms. The minimum absolute atomic E-state index is 0.190. The highest BCUT2D eigenvalue weighted by atomic mass is 35.5. The third kappa shape index (κ3) is 3.54. The van der Waals surface area contributed by atoms with Gasteiger partial charge in [0.2, 0.25) is 0 Å². The standard InChI is InChI=1S/C14H19Cl2NO2/c1-5-17-14(18)12-8(3)11(16)7-10(9(4)15)13(12)19-6-2/h7,9H,5-6H2,1-4H3,(H,17,18). The van der Waals surface area contributed by atoms with E-state index in [0.29, 0.717) is 35.1 Å². The summed E-state index contributed by atoms with van der Waals surface area (Å²) in [5, 5.41) is 3.01. The Morgan fingerprint density at radius 2 is 2.11 bits per heavy atom. The van der Waals surface area contributed by atoms with Crippen molar-refractivity contribution in [2.24, 2.45) is 0 Å². The Bertz CT molecular complexity index is 473. The number of halogens is 2. The van der Waals surface area contributed by atoms with Gasteiger partial charge in [0.1, 0.15) is 5.75 Å². The Morgan fingerprint density at radius 3 is 2.58 bits per heavy atom. The van der Waals surface area contributed by atoms with Crippen molar-refractivity contribution in [2.75, 3.05) is 13.2 Å². The number of rotatable bonds is 5. The molecule has 19 heavy (non-hydrogen) atoms. The number of nitrogens with one attached hydrogen (secondary N) is 1. The highest BCUT2D eigenvalue weighted by Crippen LogP contribution is 2.38. The number of alkyl halides is 1. The number of carbonyl (C=O) groups excluding carboxylic acids is 1. The van der Waals surface area contributed by atoms with Crippen LogP contribution >= 0.6 is 23.2 Å². The first-order valence-corrected chi connectivity index (χ1v) is 7.13. The highest BCUT2D eigenvalue weighted by Gasteiger charge is 2.23. The number of ether oxygens (including phenoxy) is 1. The van der Waals surface area contributed by atoms with Gasteiger partial charge in [-0.15, -0.1) is 11.6 Å². The van der Waals surface area contributed by atoms with E-state index in [9.17, 15) is 4.79 Å². The van der Waals surface area contributed by atoms with Crippen molar-refractivity contribution in [3.63, 3.8) is 0 Å². The molecule has 0 saturated heterocycles. The van der Waals surface area contributed by atoms with Gasteiger partial charge in [0, 0.05) is 17.1 Å². The lowest BCUT2D eigenvalue weighted by molar-refractivity contribution is 0.0951. The largest absolute Gasteiger partial charge is 0.493 e. The van der Waals surface area contributed by atoms with Gasteiger partial charge < -0.3 is 10.1 Å². The molecule has 0 spiro atoms. The molecule has 0 aliphatic heterocycles. The summed E-state index contributed by atoms with van der Waals surface area (Å²) in [6.45, 7) is 8.37. The van der Waals surface area contributed by atoms with Crippen molar-refractivity contribution in [1.82, 2.24) is 5.32 Å². The van der Waals surface area contributed by atoms with Crippen LogP contribution in [0.1, 0.15) is 47.6 Å². The van der Waals surface area contributed by atoms with Gasteiger partial charge in [0.15, 0.2) is 0 Å². The van der Waals surface area contributed by atoms with E-state index in [1.165, 1.54) is 0 Å². The van der Waals surface area contributed by atoms with Crippen LogP contribution in [0.4, 0.5) is 0 Å². The van der Waals surface area contributed by atoms with Crippen molar-refractivity contribution < 1.29 is 9.53 Å². The van der Waals surface area contributed by atoms with Crippen LogP contribution in [-0.4, -0.2) is 19.1 Å². The summed E-state index contributed by atoms with van der Waals surface area (Å²) >= 11 is 12.3. The van der Waals surface area contributed by atoms with Gasteiger partial charge in [-0.3, -0.25) is 4.79 Å². The normalized spacial score (nSPS) is 12.1. The SMILES string of the molecule is CCNC(=O)c1c(C)c(Cl)cc(C(C)Cl)c1OCC. The topological polar surface area (TPSA) is 38.3 Å². The average molecular weight is 304 g/mol. The zero-order valence-corrected chi connectivity index (χ0v) is 13.2. The highest BCUT2D eigenvalue weighted by molar-refractivity contribution is 6.32. The first-order chi connectivity index (χ1) is 8.93. The summed E-state index contributed by atoms with van der Waals surface area (Å²) in [7, 11) is 0. The molecular weight excluding hydrogens is 285 g/mol. The molecule has 0 fully saturated rings. The molecule has 0 heterocycles. The first kappa shape index (κ1) is 16.1. The van der Waals surface area contributed by atoms with Crippen molar-refractivity contribution in [1.29, 1.82) is 0 Å². The van der Waals surface area contributed by atoms with Crippen molar-refractivity contribution in [3.8, 4) is 5.75 Å². The molecular formula is C14H19Cl2NO2. The quantitative estimate of drug-likeness (QED) is 0.832. The number of benzene rings is 1. The van der Waals surface area contributed by atoms with Gasteiger partial charge in [0.25, 0.3) is 5.91 Å². The lowest BCUT2D eigenvalue weighted by Crippen LogP contribution is -2.25. The maximum absolute atomic E-state index is 12.2. The van der Waals surface area contributed by atoms with Crippen LogP contribution in [-0.2, 0) is 0 Å². The summed E-state index contributed by atoms with van der Waals surface area (Å²) in [5.74, 6) is 0.336. The van der Waals surface area contributed by atoms with E-state index < -0.39 is 0 Å². The van der Waals surface area contributed by atoms with E-state index in [4.69, 9.17) is 27.9 Å². The summed E-state index contributed by atoms with van der Waals surface area (Å²) in [5.41, 5.74) is 1.91. The molecule has 0 aromatic heterocycles. The van der Waals surface area contributed by atoms with E-state index in [0.717, 1.165) is 5.56 Å². The molecule has 1 aromatic carbocycles. The smallest absolute Gasteiger partial charge is 0.255 e. The fraction of sp³-hybridized carbons (Fsp3) is 0.500. The van der Waals surface area contributed by atoms with Crippen LogP contribution < -0.4 is 10.1 Å². The molecule has 1 unspecified atom stereocenters. The summed E-state index contributed by atoms with van der Waals surface area (Å²) in [4.78, 5) is 12.2. The summed E-state index contributed by atoms with van der Waals surface area (Å²) in [6.07, 6.45) is 0. The van der Waals surface area contributed by atoms with E-state index in [-0.39, 0.29) is 11.3 Å². The number of amides is 1. The third-order valence-electron chi connectivity index (χ3n) is 2.79. The van der Waals surface area contributed by atoms with Gasteiger partial charge in [-0.1, -0.05) is 11.6 Å². The molecule has 0 aliphatic carbocycles. The lowest BCUT2D eigenvalue weighted by Gasteiger charge is -2.19. The Morgan fingerprint density at radius 1 is 1.47 bits per heavy atom. The van der Waals surface area contributed by atoms with E-state index in [2.05, 4.69) is 5.32 Å². The maximum atomic E-state index is 12.2. The fourth-order valence-electron chi connectivity index (χ4n) is 1.86. The maximum Gasteiger partial charge on any atom is 0.255 e. The van der Waals surface area contributed by atoms with Crippen LogP contribution in [0.25, 0.3) is 0 Å². The molecule has 3 nitrogen and oxygen atoms in total. The molecule has 106 valence electrons. The second kappa shape index (κ2) is 7.01. The van der Waals surface area contributed by atoms with Crippen LogP contribution in [0.3, 0.4) is 0 Å². The molecule has 0 bridgehead atoms. The number of hydrogen-bond donors (Lipinski definition) is 1. The number of carbonyl (C=O) groups is 1. The summed E-state index contributed by atoms with van der Waals surface area (Å²) < 4.78 is 5.63. The molecule has 1 rings (SSSR count). The third-order valence-corrected chi connectivity index (χ3v) is 3.41. The van der Waals surface area contributed by atoms with Crippen LogP contribution in [0.5, 0.6) is 5.75 Å². The molecule has 0 saturated carbocycles. The molecule has 0 radical (unpaired) electrons. The van der Waals surface area contributed by atoms with E-state index in [1.54, 1.807) is 13.0 Å². The zero-order valence-electron chi connectivity index (χ0n) is 11.6. The molecule has 1 amide bonds. The lowest BCUT2D eigenvalue weighted by atomic mass is 10.00. The summed E-state index contributed by atoms with van der Waals surface area (Å²) in [6, 6.07) is 1.77. The first-order valence-electron chi connectivity index (χ1n) is 6.32. The monoisotopic (exact) mass is 303 g/mol. The van der Waals surface area contributed by atoms with Crippen molar-refractivity contribution >= 4 is 29.1 Å². The van der Waals surface area contributed by atoms with Crippen molar-refractivity contribution in [3.05, 3.63) is 27.8 Å². The van der Waals surface area contributed by atoms with Crippen LogP contribution in [0, 0.1) is 6.92 Å². The molecule has 1 aromatic rings. The second-order valence-corrected chi connectivity index (χ2v) is 5.25. The van der Waals surface area contributed by atoms with E-state index in [1.807, 2.05) is 20.8 Å². The molecule has 0 aliphatic rings. The number of hydrogen-bond acceptors (Lipinski definition) is 2. The Labute approximate surface area is 124 Å². The van der Waals surface area contributed by atoms with Gasteiger partial charge in [-0.25, -0.2) is 0 Å². The van der Waals surface area contributed by atoms with E-state index >= 15 is 0 Å². The van der Waals surface area contributed by atoms with Gasteiger partial charge in [0.05, 0.1) is 17.5 Å². The minimum atomic E-state index is -0.284. The van der Waals surface area contributed by atoms with Gasteiger partial charge >= 0.3 is 0 Å². The zero-order chi connectivity index (χ0) is 14.6. The molecule has 1 N–H and O–H groups in total. The Balaban J connectivity index is 3.50. The van der Waals surface area contributed by atoms with Crippen molar-refractivity contribution in [2.45, 2.75) is 33.1 Å². The molecule has 1 atom stereocenters. The Kier molecular flexibility index (Phi) is 5.95. The minimum Gasteiger partial charge on any atom is -0.493 e. The second-order valence-electron chi connectivity index (χ2n) is 4.19. The van der Waals surface area contributed by atoms with Gasteiger partial charge in [-0.05, 0) is 39.3 Å². The fourth-order valence-corrected chi connectivity index (χ4v) is 2.24. The Hall–Kier alpha value is -0.930. The van der Waals surface area contributed by atoms with Crippen LogP contribution in [0.15, 0.2) is 6.07 Å². The van der Waals surface area contributed by atoms with Gasteiger partial charge in [-0.2, -0.15) is 0 Å². The average Bonchev–Trinajstić information content (AvgIpc) is 2.33. The van der Waals surface area contributed by atoms with Crippen LogP contribution in [0.2, 0.25) is 5.02 Å². The predicted molar refractivity (Wildman–Crippen MR) is 79.6 cm³/mol. The predicted octanol–water partition coefficient (Wildman–Crippen LogP) is 4.10.